The van der Waals surface area contributed by atoms with Crippen LogP contribution in [0, 0.1) is 0 Å². The molecule has 8 nitrogen and oxygen atoms in total. The number of rotatable bonds is 7. The third-order valence-corrected chi connectivity index (χ3v) is 6.06. The Bertz CT molecular complexity index is 1050. The van der Waals surface area contributed by atoms with E-state index in [0.29, 0.717) is 0 Å². The van der Waals surface area contributed by atoms with Crippen molar-refractivity contribution in [2.45, 2.75) is 18.4 Å². The van der Waals surface area contributed by atoms with Crippen LogP contribution in [0.1, 0.15) is 23.5 Å². The van der Waals surface area contributed by atoms with Gasteiger partial charge in [-0.15, -0.1) is 0 Å². The van der Waals surface area contributed by atoms with E-state index in [9.17, 15) is 14.4 Å². The van der Waals surface area contributed by atoms with Gasteiger partial charge in [0.1, 0.15) is 12.6 Å². The Morgan fingerprint density at radius 3 is 2.27 bits per heavy atom. The lowest BCUT2D eigenvalue weighted by atomic mass is 9.98. The van der Waals surface area contributed by atoms with Crippen LogP contribution in [0.2, 0.25) is 0 Å². The van der Waals surface area contributed by atoms with Gasteiger partial charge in [-0.05, 0) is 28.7 Å². The highest BCUT2D eigenvalue weighted by molar-refractivity contribution is 5.89. The lowest BCUT2D eigenvalue weighted by Crippen LogP contribution is -2.52. The van der Waals surface area contributed by atoms with E-state index in [1.165, 1.54) is 18.1 Å². The van der Waals surface area contributed by atoms with Crippen molar-refractivity contribution in [3.8, 4) is 11.1 Å². The second-order valence-corrected chi connectivity index (χ2v) is 8.05. The Hall–Kier alpha value is -3.65. The van der Waals surface area contributed by atoms with Gasteiger partial charge in [0.15, 0.2) is 0 Å². The predicted molar refractivity (Wildman–Crippen MR) is 121 cm³/mol. The Morgan fingerprint density at radius 1 is 1.09 bits per heavy atom. The summed E-state index contributed by atoms with van der Waals surface area (Å²) in [5, 5.41) is 11.7. The number of alkyl carbamates (subject to hydrolysis) is 1. The van der Waals surface area contributed by atoms with Crippen LogP contribution in [0.5, 0.6) is 0 Å². The number of carbonyl (C=O) groups is 3. The summed E-state index contributed by atoms with van der Waals surface area (Å²) in [6, 6.07) is 15.2. The molecule has 0 aromatic heterocycles. The summed E-state index contributed by atoms with van der Waals surface area (Å²) in [4.78, 5) is 38.1. The Labute approximate surface area is 191 Å². The third kappa shape index (κ3) is 4.75. The molecule has 0 spiro atoms. The molecular weight excluding hydrogens is 424 g/mol. The van der Waals surface area contributed by atoms with Crippen molar-refractivity contribution in [2.75, 3.05) is 33.4 Å². The molecule has 4 rings (SSSR count). The first-order chi connectivity index (χ1) is 16.0. The SMILES string of the molecule is COC[C@H](NC(=O)OCC1c2ccccc2-c2ccccc21)C(=O)N1CC=C(C(=O)O)CC1. The van der Waals surface area contributed by atoms with E-state index in [1.807, 2.05) is 36.4 Å². The van der Waals surface area contributed by atoms with E-state index in [1.54, 1.807) is 0 Å². The average Bonchev–Trinajstić information content (AvgIpc) is 3.16. The van der Waals surface area contributed by atoms with Gasteiger partial charge in [-0.3, -0.25) is 4.79 Å². The first kappa shape index (κ1) is 22.5. The maximum Gasteiger partial charge on any atom is 0.407 e. The molecule has 0 fully saturated rings. The normalized spacial score (nSPS) is 15.8. The molecule has 33 heavy (non-hydrogen) atoms. The van der Waals surface area contributed by atoms with E-state index in [0.717, 1.165) is 22.3 Å². The number of aliphatic carboxylic acids is 1. The van der Waals surface area contributed by atoms with Crippen molar-refractivity contribution in [3.63, 3.8) is 0 Å². The summed E-state index contributed by atoms with van der Waals surface area (Å²) in [5.74, 6) is -1.40. The van der Waals surface area contributed by atoms with Crippen LogP contribution in [0.3, 0.4) is 0 Å². The van der Waals surface area contributed by atoms with Crippen LogP contribution in [0.4, 0.5) is 4.79 Å². The third-order valence-electron chi connectivity index (χ3n) is 6.06. The van der Waals surface area contributed by atoms with E-state index < -0.39 is 18.1 Å². The number of carbonyl (C=O) groups excluding carboxylic acids is 2. The van der Waals surface area contributed by atoms with Crippen LogP contribution < -0.4 is 5.32 Å². The number of nitrogens with one attached hydrogen (secondary N) is 1. The molecule has 8 heteroatoms. The fourth-order valence-corrected chi connectivity index (χ4v) is 4.41. The number of amides is 2. The van der Waals surface area contributed by atoms with Crippen molar-refractivity contribution in [1.82, 2.24) is 10.2 Å². The minimum Gasteiger partial charge on any atom is -0.478 e. The molecule has 2 amide bonds. The van der Waals surface area contributed by atoms with Crippen molar-refractivity contribution in [2.24, 2.45) is 0 Å². The van der Waals surface area contributed by atoms with Gasteiger partial charge < -0.3 is 24.8 Å². The zero-order valence-electron chi connectivity index (χ0n) is 18.3. The standard InChI is InChI=1S/C25H26N2O6/c1-32-15-22(23(28)27-12-10-16(11-13-27)24(29)30)26-25(31)33-14-21-19-8-4-2-6-17(19)18-7-3-5-9-20(18)21/h2-10,21-22H,11-15H2,1H3,(H,26,31)(H,29,30)/t22-/m0/s1. The van der Waals surface area contributed by atoms with Gasteiger partial charge in [-0.25, -0.2) is 9.59 Å². The second-order valence-electron chi connectivity index (χ2n) is 8.05. The number of hydrogen-bond acceptors (Lipinski definition) is 5. The fourth-order valence-electron chi connectivity index (χ4n) is 4.41. The molecule has 172 valence electrons. The molecule has 1 atom stereocenters. The highest BCUT2D eigenvalue weighted by Crippen LogP contribution is 2.44. The van der Waals surface area contributed by atoms with Gasteiger partial charge in [-0.1, -0.05) is 54.6 Å². The molecule has 0 unspecified atom stereocenters. The molecule has 0 bridgehead atoms. The molecule has 2 aromatic rings. The minimum absolute atomic E-state index is 0.0188. The maximum absolute atomic E-state index is 12.9. The summed E-state index contributed by atoms with van der Waals surface area (Å²) >= 11 is 0. The zero-order chi connectivity index (χ0) is 23.4. The number of hydrogen-bond donors (Lipinski definition) is 2. The van der Waals surface area contributed by atoms with Crippen LogP contribution in [-0.4, -0.2) is 67.4 Å². The van der Waals surface area contributed by atoms with Crippen molar-refractivity contribution >= 4 is 18.0 Å². The summed E-state index contributed by atoms with van der Waals surface area (Å²) in [6.45, 7) is 0.563. The van der Waals surface area contributed by atoms with Gasteiger partial charge in [0.2, 0.25) is 5.91 Å². The van der Waals surface area contributed by atoms with Gasteiger partial charge >= 0.3 is 12.1 Å². The Balaban J connectivity index is 1.39. The Morgan fingerprint density at radius 2 is 1.73 bits per heavy atom. The summed E-state index contributed by atoms with van der Waals surface area (Å²) in [6.07, 6.45) is 1.07. The van der Waals surface area contributed by atoms with Crippen LogP contribution in [0.25, 0.3) is 11.1 Å². The maximum atomic E-state index is 12.9. The summed E-state index contributed by atoms with van der Waals surface area (Å²) in [7, 11) is 1.44. The van der Waals surface area contributed by atoms with E-state index in [2.05, 4.69) is 17.4 Å². The van der Waals surface area contributed by atoms with Crippen molar-refractivity contribution < 1.29 is 29.0 Å². The monoisotopic (exact) mass is 450 g/mol. The highest BCUT2D eigenvalue weighted by Gasteiger charge is 2.31. The number of benzene rings is 2. The topological polar surface area (TPSA) is 105 Å². The Kier molecular flexibility index (Phi) is 6.74. The predicted octanol–water partition coefficient (Wildman–Crippen LogP) is 2.78. The summed E-state index contributed by atoms with van der Waals surface area (Å²) < 4.78 is 10.7. The summed E-state index contributed by atoms with van der Waals surface area (Å²) in [5.41, 5.74) is 4.75. The first-order valence-corrected chi connectivity index (χ1v) is 10.8. The first-order valence-electron chi connectivity index (χ1n) is 10.8. The smallest absolute Gasteiger partial charge is 0.407 e. The van der Waals surface area contributed by atoms with Gasteiger partial charge in [0, 0.05) is 31.7 Å². The molecule has 1 aliphatic heterocycles. The molecule has 0 saturated heterocycles. The molecule has 0 radical (unpaired) electrons. The number of ether oxygens (including phenoxy) is 2. The lowest BCUT2D eigenvalue weighted by molar-refractivity contribution is -0.136. The fraction of sp³-hybridized carbons (Fsp3) is 0.320. The van der Waals surface area contributed by atoms with Crippen molar-refractivity contribution in [3.05, 3.63) is 71.3 Å². The average molecular weight is 450 g/mol. The highest BCUT2D eigenvalue weighted by atomic mass is 16.5. The van der Waals surface area contributed by atoms with Gasteiger partial charge in [0.25, 0.3) is 0 Å². The second kappa shape index (κ2) is 9.87. The zero-order valence-corrected chi connectivity index (χ0v) is 18.3. The van der Waals surface area contributed by atoms with E-state index in [-0.39, 0.29) is 50.1 Å². The number of fused-ring (bicyclic) bond motifs is 3. The molecule has 2 N–H and O–H groups in total. The molecule has 2 aliphatic rings. The largest absolute Gasteiger partial charge is 0.478 e. The van der Waals surface area contributed by atoms with Crippen molar-refractivity contribution in [1.29, 1.82) is 0 Å². The number of methoxy groups -OCH3 is 1. The molecule has 1 heterocycles. The van der Waals surface area contributed by atoms with E-state index >= 15 is 0 Å². The van der Waals surface area contributed by atoms with Crippen LogP contribution in [-0.2, 0) is 19.1 Å². The van der Waals surface area contributed by atoms with E-state index in [4.69, 9.17) is 14.6 Å². The molecular formula is C25H26N2O6. The minimum atomic E-state index is -0.979. The number of carboxylic acids is 1. The molecule has 0 saturated carbocycles. The molecule has 1 aliphatic carbocycles. The van der Waals surface area contributed by atoms with Crippen LogP contribution >= 0.6 is 0 Å². The quantitative estimate of drug-likeness (QED) is 0.672. The van der Waals surface area contributed by atoms with Crippen LogP contribution in [0.15, 0.2) is 60.2 Å². The van der Waals surface area contributed by atoms with Gasteiger partial charge in [-0.2, -0.15) is 0 Å². The van der Waals surface area contributed by atoms with Gasteiger partial charge in [0.05, 0.1) is 6.61 Å². The lowest BCUT2D eigenvalue weighted by Gasteiger charge is -2.29. The molecule has 2 aromatic carbocycles. The number of carboxylic acid groups (broad SMARTS) is 1. The number of nitrogens with zero attached hydrogens (tertiary/aromatic N) is 1.